The second-order valence-corrected chi connectivity index (χ2v) is 5.29. The maximum Gasteiger partial charge on any atom is 0.0673 e. The molecule has 2 aromatic rings. The number of rotatable bonds is 4. The lowest BCUT2D eigenvalue weighted by Crippen LogP contribution is -2.19. The van der Waals surface area contributed by atoms with Gasteiger partial charge in [0.2, 0.25) is 0 Å². The lowest BCUT2D eigenvalue weighted by Gasteiger charge is -2.18. The third kappa shape index (κ3) is 2.94. The Morgan fingerprint density at radius 2 is 2.05 bits per heavy atom. The monoisotopic (exact) mass is 297 g/mol. The Labute approximate surface area is 123 Å². The molecule has 1 aromatic heterocycles. The minimum Gasteiger partial charge on any atom is -0.309 e. The molecule has 0 bridgehead atoms. The van der Waals surface area contributed by atoms with Gasteiger partial charge in [0.15, 0.2) is 0 Å². The Morgan fingerprint density at radius 3 is 2.68 bits per heavy atom. The molecule has 0 fully saturated rings. The first-order chi connectivity index (χ1) is 9.06. The molecule has 0 radical (unpaired) electrons. The smallest absolute Gasteiger partial charge is 0.0673 e. The largest absolute Gasteiger partial charge is 0.309 e. The van der Waals surface area contributed by atoms with E-state index in [0.717, 1.165) is 23.2 Å². The van der Waals surface area contributed by atoms with Gasteiger partial charge in [-0.3, -0.25) is 4.68 Å². The van der Waals surface area contributed by atoms with Crippen LogP contribution in [0.15, 0.2) is 24.4 Å². The van der Waals surface area contributed by atoms with Gasteiger partial charge in [-0.25, -0.2) is 0 Å². The number of hydrogen-bond acceptors (Lipinski definition) is 2. The molecule has 19 heavy (non-hydrogen) atoms. The highest BCUT2D eigenvalue weighted by molar-refractivity contribution is 6.33. The summed E-state index contributed by atoms with van der Waals surface area (Å²) in [5, 5.41) is 9.16. The number of benzene rings is 1. The normalized spacial score (nSPS) is 12.7. The second-order valence-electron chi connectivity index (χ2n) is 4.45. The molecule has 1 N–H and O–H groups in total. The number of hydrogen-bond donors (Lipinski definition) is 1. The fraction of sp³-hybridized carbons (Fsp3) is 0.357. The Balaban J connectivity index is 2.52. The third-order valence-electron chi connectivity index (χ3n) is 3.14. The van der Waals surface area contributed by atoms with Crippen molar-refractivity contribution in [3.05, 3.63) is 51.3 Å². The average molecular weight is 298 g/mol. The van der Waals surface area contributed by atoms with Crippen LogP contribution in [0.3, 0.4) is 0 Å². The van der Waals surface area contributed by atoms with Crippen molar-refractivity contribution in [2.75, 3.05) is 7.05 Å². The fourth-order valence-corrected chi connectivity index (χ4v) is 2.69. The average Bonchev–Trinajstić information content (AvgIpc) is 2.76. The highest BCUT2D eigenvalue weighted by Gasteiger charge is 2.20. The van der Waals surface area contributed by atoms with Gasteiger partial charge in [-0.2, -0.15) is 5.10 Å². The number of aromatic nitrogens is 2. The minimum absolute atomic E-state index is 0.00477. The Bertz CT molecular complexity index is 578. The fourth-order valence-electron chi connectivity index (χ4n) is 2.28. The molecule has 0 aliphatic carbocycles. The van der Waals surface area contributed by atoms with Crippen LogP contribution >= 0.6 is 23.2 Å². The van der Waals surface area contributed by atoms with Crippen molar-refractivity contribution in [3.8, 4) is 0 Å². The summed E-state index contributed by atoms with van der Waals surface area (Å²) in [4.78, 5) is 0. The van der Waals surface area contributed by atoms with E-state index in [2.05, 4.69) is 17.3 Å². The maximum atomic E-state index is 6.30. The molecule has 1 atom stereocenters. The molecule has 3 nitrogen and oxygen atoms in total. The van der Waals surface area contributed by atoms with Crippen molar-refractivity contribution < 1.29 is 0 Å². The van der Waals surface area contributed by atoms with E-state index >= 15 is 0 Å². The highest BCUT2D eigenvalue weighted by atomic mass is 35.5. The lowest BCUT2D eigenvalue weighted by atomic mass is 9.98. The van der Waals surface area contributed by atoms with Gasteiger partial charge in [0.25, 0.3) is 0 Å². The van der Waals surface area contributed by atoms with E-state index < -0.39 is 0 Å². The van der Waals surface area contributed by atoms with Crippen LogP contribution in [0.1, 0.15) is 29.8 Å². The molecule has 0 aliphatic heterocycles. The Hall–Kier alpha value is -1.03. The SMILES string of the molecule is CCc1nn(C)cc1C(NC)c1cc(Cl)ccc1Cl. The van der Waals surface area contributed by atoms with Crippen LogP contribution in [-0.4, -0.2) is 16.8 Å². The summed E-state index contributed by atoms with van der Waals surface area (Å²) < 4.78 is 1.83. The van der Waals surface area contributed by atoms with Crippen molar-refractivity contribution in [2.45, 2.75) is 19.4 Å². The molecule has 1 heterocycles. The molecule has 0 saturated carbocycles. The molecule has 0 aliphatic rings. The van der Waals surface area contributed by atoms with E-state index in [1.165, 1.54) is 0 Å². The van der Waals surface area contributed by atoms with Crippen LogP contribution in [0.2, 0.25) is 10.0 Å². The molecular formula is C14H17Cl2N3. The molecule has 0 spiro atoms. The highest BCUT2D eigenvalue weighted by Crippen LogP contribution is 2.31. The van der Waals surface area contributed by atoms with Gasteiger partial charge < -0.3 is 5.32 Å². The van der Waals surface area contributed by atoms with Crippen LogP contribution in [0.5, 0.6) is 0 Å². The third-order valence-corrected chi connectivity index (χ3v) is 3.72. The predicted molar refractivity (Wildman–Crippen MR) is 80.0 cm³/mol. The number of aryl methyl sites for hydroxylation is 2. The Kier molecular flexibility index (Phi) is 4.50. The molecule has 1 aromatic carbocycles. The summed E-state index contributed by atoms with van der Waals surface area (Å²) in [6.45, 7) is 2.10. The first-order valence-corrected chi connectivity index (χ1v) is 6.97. The van der Waals surface area contributed by atoms with E-state index in [4.69, 9.17) is 23.2 Å². The summed E-state index contributed by atoms with van der Waals surface area (Å²) in [6.07, 6.45) is 2.91. The van der Waals surface area contributed by atoms with Gasteiger partial charge in [-0.05, 0) is 37.2 Å². The van der Waals surface area contributed by atoms with Crippen LogP contribution in [-0.2, 0) is 13.5 Å². The predicted octanol–water partition coefficient (Wildman–Crippen LogP) is 3.60. The van der Waals surface area contributed by atoms with Crippen LogP contribution in [0.25, 0.3) is 0 Å². The van der Waals surface area contributed by atoms with Crippen molar-refractivity contribution in [1.29, 1.82) is 0 Å². The topological polar surface area (TPSA) is 29.9 Å². The zero-order valence-corrected chi connectivity index (χ0v) is 12.8. The Morgan fingerprint density at radius 1 is 1.32 bits per heavy atom. The molecule has 0 amide bonds. The molecule has 0 saturated heterocycles. The zero-order chi connectivity index (χ0) is 14.0. The van der Waals surface area contributed by atoms with Crippen molar-refractivity contribution in [3.63, 3.8) is 0 Å². The van der Waals surface area contributed by atoms with Crippen LogP contribution in [0.4, 0.5) is 0 Å². The van der Waals surface area contributed by atoms with Crippen LogP contribution < -0.4 is 5.32 Å². The van der Waals surface area contributed by atoms with E-state index in [9.17, 15) is 0 Å². The minimum atomic E-state index is -0.00477. The summed E-state index contributed by atoms with van der Waals surface area (Å²) in [5.41, 5.74) is 3.17. The van der Waals surface area contributed by atoms with Crippen molar-refractivity contribution >= 4 is 23.2 Å². The molecule has 5 heteroatoms. The molecular weight excluding hydrogens is 281 g/mol. The summed E-state index contributed by atoms with van der Waals surface area (Å²) in [7, 11) is 3.84. The summed E-state index contributed by atoms with van der Waals surface area (Å²) in [6, 6.07) is 5.52. The van der Waals surface area contributed by atoms with Gasteiger partial charge in [-0.15, -0.1) is 0 Å². The van der Waals surface area contributed by atoms with Gasteiger partial charge in [0.05, 0.1) is 11.7 Å². The summed E-state index contributed by atoms with van der Waals surface area (Å²) in [5.74, 6) is 0. The van der Waals surface area contributed by atoms with Gasteiger partial charge in [0, 0.05) is 28.9 Å². The van der Waals surface area contributed by atoms with E-state index in [1.54, 1.807) is 6.07 Å². The lowest BCUT2D eigenvalue weighted by molar-refractivity contribution is 0.684. The first-order valence-electron chi connectivity index (χ1n) is 6.21. The van der Waals surface area contributed by atoms with Gasteiger partial charge in [0.1, 0.15) is 0 Å². The van der Waals surface area contributed by atoms with Crippen LogP contribution in [0, 0.1) is 0 Å². The first kappa shape index (κ1) is 14.4. The quantitative estimate of drug-likeness (QED) is 0.934. The van der Waals surface area contributed by atoms with Crippen molar-refractivity contribution in [2.24, 2.45) is 7.05 Å². The van der Waals surface area contributed by atoms with Gasteiger partial charge >= 0.3 is 0 Å². The van der Waals surface area contributed by atoms with E-state index in [-0.39, 0.29) is 6.04 Å². The summed E-state index contributed by atoms with van der Waals surface area (Å²) >= 11 is 12.4. The maximum absolute atomic E-state index is 6.30. The van der Waals surface area contributed by atoms with Gasteiger partial charge in [-0.1, -0.05) is 30.1 Å². The van der Waals surface area contributed by atoms with E-state index in [1.807, 2.05) is 37.1 Å². The number of nitrogens with zero attached hydrogens (tertiary/aromatic N) is 2. The zero-order valence-electron chi connectivity index (χ0n) is 11.2. The number of halogens is 2. The second kappa shape index (κ2) is 5.95. The van der Waals surface area contributed by atoms with Crippen molar-refractivity contribution in [1.82, 2.24) is 15.1 Å². The molecule has 102 valence electrons. The molecule has 2 rings (SSSR count). The number of nitrogens with one attached hydrogen (secondary N) is 1. The molecule has 1 unspecified atom stereocenters. The standard InChI is InChI=1S/C14H17Cl2N3/c1-4-13-11(8-19(3)18-13)14(17-2)10-7-9(15)5-6-12(10)16/h5-8,14,17H,4H2,1-3H3. The van der Waals surface area contributed by atoms with E-state index in [0.29, 0.717) is 10.0 Å².